The van der Waals surface area contributed by atoms with Crippen LogP contribution in [0.3, 0.4) is 0 Å². The van der Waals surface area contributed by atoms with Gasteiger partial charge in [-0.15, -0.1) is 6.58 Å². The van der Waals surface area contributed by atoms with E-state index >= 15 is 0 Å². The van der Waals surface area contributed by atoms with Crippen molar-refractivity contribution in [3.63, 3.8) is 0 Å². The first-order valence-corrected chi connectivity index (χ1v) is 6.43. The average Bonchev–Trinajstić information content (AvgIpc) is 2.35. The first kappa shape index (κ1) is 14.7. The molecule has 102 valence electrons. The molecule has 1 aliphatic rings. The third-order valence-electron chi connectivity index (χ3n) is 3.28. The predicted octanol–water partition coefficient (Wildman–Crippen LogP) is 0.865. The smallest absolute Gasteiger partial charge is 0.303 e. The number of nitrogens with zero attached hydrogens (tertiary/aromatic N) is 1. The second kappa shape index (κ2) is 7.87. The molecule has 0 aromatic carbocycles. The van der Waals surface area contributed by atoms with Gasteiger partial charge < -0.3 is 10.4 Å². The summed E-state index contributed by atoms with van der Waals surface area (Å²) in [5.74, 6) is -0.200. The molecule has 1 rings (SSSR count). The van der Waals surface area contributed by atoms with E-state index < -0.39 is 5.97 Å². The minimum absolute atomic E-state index is 0.0267. The van der Waals surface area contributed by atoms with Gasteiger partial charge in [-0.1, -0.05) is 6.08 Å². The maximum Gasteiger partial charge on any atom is 0.303 e. The van der Waals surface area contributed by atoms with Gasteiger partial charge in [-0.3, -0.25) is 14.5 Å². The fraction of sp³-hybridized carbons (Fsp3) is 0.692. The lowest BCUT2D eigenvalue weighted by Gasteiger charge is -2.31. The number of hydrogen-bond donors (Lipinski definition) is 2. The number of piperidine rings is 1. The van der Waals surface area contributed by atoms with E-state index in [2.05, 4.69) is 16.8 Å². The number of carbonyl (C=O) groups is 2. The van der Waals surface area contributed by atoms with Gasteiger partial charge >= 0.3 is 5.97 Å². The summed E-state index contributed by atoms with van der Waals surface area (Å²) in [6, 6.07) is 0. The number of aliphatic carboxylic acids is 1. The van der Waals surface area contributed by atoms with Gasteiger partial charge in [-0.05, 0) is 38.3 Å². The Balaban J connectivity index is 2.16. The molecule has 2 N–H and O–H groups in total. The predicted molar refractivity (Wildman–Crippen MR) is 69.2 cm³/mol. The van der Waals surface area contributed by atoms with Crippen LogP contribution in [0.15, 0.2) is 12.7 Å². The van der Waals surface area contributed by atoms with Crippen LogP contribution in [0, 0.1) is 5.92 Å². The summed E-state index contributed by atoms with van der Waals surface area (Å²) in [7, 11) is 0. The lowest BCUT2D eigenvalue weighted by atomic mass is 9.92. The zero-order chi connectivity index (χ0) is 13.4. The number of nitrogens with one attached hydrogen (secondary N) is 1. The third kappa shape index (κ3) is 5.82. The van der Waals surface area contributed by atoms with E-state index in [1.165, 1.54) is 0 Å². The number of carbonyl (C=O) groups excluding carboxylic acids is 1. The zero-order valence-corrected chi connectivity index (χ0v) is 10.7. The first-order chi connectivity index (χ1) is 8.61. The maximum absolute atomic E-state index is 11.5. The highest BCUT2D eigenvalue weighted by Gasteiger charge is 2.20. The van der Waals surface area contributed by atoms with Crippen LogP contribution in [-0.4, -0.2) is 48.1 Å². The van der Waals surface area contributed by atoms with Gasteiger partial charge in [0.2, 0.25) is 5.91 Å². The van der Waals surface area contributed by atoms with E-state index in [-0.39, 0.29) is 12.3 Å². The van der Waals surface area contributed by atoms with Crippen molar-refractivity contribution in [1.29, 1.82) is 0 Å². The molecule has 1 aliphatic heterocycles. The Labute approximate surface area is 108 Å². The van der Waals surface area contributed by atoms with Gasteiger partial charge in [0.15, 0.2) is 0 Å². The zero-order valence-electron chi connectivity index (χ0n) is 10.7. The summed E-state index contributed by atoms with van der Waals surface area (Å²) in [5.41, 5.74) is 0. The summed E-state index contributed by atoms with van der Waals surface area (Å²) in [6.07, 6.45) is 4.65. The molecule has 0 aromatic rings. The molecule has 18 heavy (non-hydrogen) atoms. The van der Waals surface area contributed by atoms with Gasteiger partial charge in [-0.25, -0.2) is 0 Å². The third-order valence-corrected chi connectivity index (χ3v) is 3.28. The molecule has 0 aliphatic carbocycles. The Kier molecular flexibility index (Phi) is 6.43. The van der Waals surface area contributed by atoms with Crippen LogP contribution in [0.1, 0.15) is 25.7 Å². The van der Waals surface area contributed by atoms with E-state index in [0.29, 0.717) is 19.0 Å². The molecule has 5 nitrogen and oxygen atoms in total. The number of likely N-dealkylation sites (tertiary alicyclic amines) is 1. The van der Waals surface area contributed by atoms with Gasteiger partial charge in [0.05, 0.1) is 6.54 Å². The van der Waals surface area contributed by atoms with Gasteiger partial charge in [0, 0.05) is 13.0 Å². The normalized spacial score (nSPS) is 17.3. The van der Waals surface area contributed by atoms with Crippen LogP contribution in [0.2, 0.25) is 0 Å². The number of carboxylic acids is 1. The lowest BCUT2D eigenvalue weighted by molar-refractivity contribution is -0.137. The molecule has 1 heterocycles. The van der Waals surface area contributed by atoms with Gasteiger partial charge in [0.1, 0.15) is 0 Å². The highest BCUT2D eigenvalue weighted by atomic mass is 16.4. The monoisotopic (exact) mass is 254 g/mol. The molecule has 0 unspecified atom stereocenters. The van der Waals surface area contributed by atoms with Crippen molar-refractivity contribution in [3.8, 4) is 0 Å². The SMILES string of the molecule is C=CCNC(=O)CN1CCC(CCC(=O)O)CC1. The van der Waals surface area contributed by atoms with Crippen molar-refractivity contribution in [2.75, 3.05) is 26.2 Å². The summed E-state index contributed by atoms with van der Waals surface area (Å²) in [6.45, 7) is 6.25. The molecule has 0 spiro atoms. The van der Waals surface area contributed by atoms with Gasteiger partial charge in [-0.2, -0.15) is 0 Å². The van der Waals surface area contributed by atoms with Gasteiger partial charge in [0.25, 0.3) is 0 Å². The highest BCUT2D eigenvalue weighted by molar-refractivity contribution is 5.78. The fourth-order valence-corrected chi connectivity index (χ4v) is 2.21. The Morgan fingerprint density at radius 2 is 2.06 bits per heavy atom. The van der Waals surface area contributed by atoms with Crippen molar-refractivity contribution in [2.45, 2.75) is 25.7 Å². The molecule has 0 saturated carbocycles. The molecular formula is C13H22N2O3. The first-order valence-electron chi connectivity index (χ1n) is 6.43. The average molecular weight is 254 g/mol. The largest absolute Gasteiger partial charge is 0.481 e. The lowest BCUT2D eigenvalue weighted by Crippen LogP contribution is -2.41. The van der Waals surface area contributed by atoms with Crippen molar-refractivity contribution >= 4 is 11.9 Å². The van der Waals surface area contributed by atoms with E-state index in [9.17, 15) is 9.59 Å². The van der Waals surface area contributed by atoms with Crippen molar-refractivity contribution in [1.82, 2.24) is 10.2 Å². The van der Waals surface area contributed by atoms with Crippen molar-refractivity contribution < 1.29 is 14.7 Å². The Morgan fingerprint density at radius 3 is 2.61 bits per heavy atom. The van der Waals surface area contributed by atoms with Crippen LogP contribution < -0.4 is 5.32 Å². The van der Waals surface area contributed by atoms with Crippen LogP contribution in [-0.2, 0) is 9.59 Å². The van der Waals surface area contributed by atoms with Crippen LogP contribution in [0.4, 0.5) is 0 Å². The Bertz CT molecular complexity index is 297. The summed E-state index contributed by atoms with van der Waals surface area (Å²) in [5, 5.41) is 11.4. The van der Waals surface area contributed by atoms with Crippen LogP contribution in [0.5, 0.6) is 0 Å². The minimum Gasteiger partial charge on any atom is -0.481 e. The summed E-state index contributed by atoms with van der Waals surface area (Å²) >= 11 is 0. The molecule has 0 bridgehead atoms. The minimum atomic E-state index is -0.721. The Hall–Kier alpha value is -1.36. The molecule has 1 saturated heterocycles. The molecule has 1 fully saturated rings. The van der Waals surface area contributed by atoms with E-state index in [0.717, 1.165) is 32.4 Å². The Morgan fingerprint density at radius 1 is 1.39 bits per heavy atom. The van der Waals surface area contributed by atoms with Crippen molar-refractivity contribution in [3.05, 3.63) is 12.7 Å². The maximum atomic E-state index is 11.5. The second-order valence-corrected chi connectivity index (χ2v) is 4.74. The number of hydrogen-bond acceptors (Lipinski definition) is 3. The second-order valence-electron chi connectivity index (χ2n) is 4.74. The summed E-state index contributed by atoms with van der Waals surface area (Å²) < 4.78 is 0. The highest BCUT2D eigenvalue weighted by Crippen LogP contribution is 2.21. The number of rotatable bonds is 7. The van der Waals surface area contributed by atoms with E-state index in [4.69, 9.17) is 5.11 Å². The molecule has 5 heteroatoms. The molecule has 0 radical (unpaired) electrons. The molecule has 0 atom stereocenters. The standard InChI is InChI=1S/C13H22N2O3/c1-2-7-14-12(16)10-15-8-5-11(6-9-15)3-4-13(17)18/h2,11H,1,3-10H2,(H,14,16)(H,17,18). The van der Waals surface area contributed by atoms with Crippen molar-refractivity contribution in [2.24, 2.45) is 5.92 Å². The van der Waals surface area contributed by atoms with E-state index in [1.807, 2.05) is 0 Å². The fourth-order valence-electron chi connectivity index (χ4n) is 2.21. The van der Waals surface area contributed by atoms with Crippen LogP contribution >= 0.6 is 0 Å². The number of carboxylic acid groups (broad SMARTS) is 1. The molecule has 0 aromatic heterocycles. The van der Waals surface area contributed by atoms with Crippen LogP contribution in [0.25, 0.3) is 0 Å². The topological polar surface area (TPSA) is 69.6 Å². The quantitative estimate of drug-likeness (QED) is 0.661. The van der Waals surface area contributed by atoms with E-state index in [1.54, 1.807) is 6.08 Å². The molecular weight excluding hydrogens is 232 g/mol. The molecule has 1 amide bonds. The summed E-state index contributed by atoms with van der Waals surface area (Å²) in [4.78, 5) is 24.1. The number of amides is 1.